The first-order valence-electron chi connectivity index (χ1n) is 11.6. The molecule has 0 atom stereocenters. The third-order valence-electron chi connectivity index (χ3n) is 6.83. The highest BCUT2D eigenvalue weighted by atomic mass is 31.2. The van der Waals surface area contributed by atoms with Crippen molar-refractivity contribution in [1.29, 1.82) is 0 Å². The topological polar surface area (TPSA) is 42.9 Å². The minimum Gasteiger partial charge on any atom is -0.308 e. The van der Waals surface area contributed by atoms with Crippen LogP contribution in [0.5, 0.6) is 0 Å². The summed E-state index contributed by atoms with van der Waals surface area (Å²) in [6, 6.07) is 22.4. The summed E-state index contributed by atoms with van der Waals surface area (Å²) >= 11 is 0. The van der Waals surface area contributed by atoms with Gasteiger partial charge in [0.1, 0.15) is 0 Å². The molecule has 5 rings (SSSR count). The molecule has 2 aromatic heterocycles. The highest BCUT2D eigenvalue weighted by molar-refractivity contribution is 7.85. The second-order valence-electron chi connectivity index (χ2n) is 9.33. The van der Waals surface area contributed by atoms with Gasteiger partial charge in [0.15, 0.2) is 7.14 Å². The molecule has 0 aliphatic carbocycles. The third kappa shape index (κ3) is 3.38. The van der Waals surface area contributed by atoms with Crippen molar-refractivity contribution in [2.24, 2.45) is 0 Å². The van der Waals surface area contributed by atoms with Gasteiger partial charge < -0.3 is 4.57 Å². The maximum atomic E-state index is 15.7. The van der Waals surface area contributed by atoms with E-state index in [0.717, 1.165) is 71.4 Å². The molecule has 0 N–H and O–H groups in total. The van der Waals surface area contributed by atoms with E-state index in [1.165, 1.54) is 0 Å². The monoisotopic (exact) mass is 464 g/mol. The molecule has 0 saturated carbocycles. The molecule has 0 aliphatic rings. The number of benzene rings is 3. The van der Waals surface area contributed by atoms with Gasteiger partial charge in [-0.2, -0.15) is 0 Å². The van der Waals surface area contributed by atoms with Crippen molar-refractivity contribution < 1.29 is 4.57 Å². The maximum Gasteiger partial charge on any atom is 0.175 e. The molecule has 0 aliphatic heterocycles. The molecule has 0 unspecified atom stereocenters. The molecule has 0 spiro atoms. The van der Waals surface area contributed by atoms with Gasteiger partial charge in [0, 0.05) is 38.1 Å². The summed E-state index contributed by atoms with van der Waals surface area (Å²) in [6.45, 7) is 12.3. The van der Waals surface area contributed by atoms with E-state index in [2.05, 4.69) is 64.1 Å². The standard InChI is InChI=1S/C30H29N2OP/c1-18-12-14-27-25(16-18)20(3)29(22(5)31-27)34(33,24-10-8-7-9-11-24)30-21(4)26-17-19(2)13-15-28(26)32-23(30)6/h7-17H,1-6H3. The average molecular weight is 465 g/mol. The number of aryl methyl sites for hydroxylation is 6. The van der Waals surface area contributed by atoms with E-state index in [1.54, 1.807) is 0 Å². The number of nitrogens with zero attached hydrogens (tertiary/aromatic N) is 2. The minimum atomic E-state index is -3.29. The number of aromatic nitrogens is 2. The van der Waals surface area contributed by atoms with E-state index in [1.807, 2.05) is 44.2 Å². The van der Waals surface area contributed by atoms with Crippen LogP contribution in [-0.4, -0.2) is 9.97 Å². The number of hydrogen-bond acceptors (Lipinski definition) is 3. The summed E-state index contributed by atoms with van der Waals surface area (Å²) in [5, 5.41) is 4.58. The molecule has 3 nitrogen and oxygen atoms in total. The zero-order chi connectivity index (χ0) is 24.2. The highest BCUT2D eigenvalue weighted by Gasteiger charge is 2.37. The SMILES string of the molecule is Cc1ccc2nc(C)c(P(=O)(c3ccccc3)c3c(C)nc4ccc(C)cc4c3C)c(C)c2c1. The first-order chi connectivity index (χ1) is 16.2. The van der Waals surface area contributed by atoms with Crippen LogP contribution >= 0.6 is 7.14 Å². The molecule has 0 fully saturated rings. The normalized spacial score (nSPS) is 11.9. The zero-order valence-electron chi connectivity index (χ0n) is 20.6. The lowest BCUT2D eigenvalue weighted by Crippen LogP contribution is -2.32. The van der Waals surface area contributed by atoms with E-state index in [9.17, 15) is 0 Å². The molecule has 0 radical (unpaired) electrons. The lowest BCUT2D eigenvalue weighted by molar-refractivity contribution is 0.592. The van der Waals surface area contributed by atoms with Crippen LogP contribution in [0.15, 0.2) is 66.7 Å². The first kappa shape index (κ1) is 22.5. The lowest BCUT2D eigenvalue weighted by Gasteiger charge is -2.27. The van der Waals surface area contributed by atoms with Gasteiger partial charge in [0.05, 0.1) is 11.0 Å². The van der Waals surface area contributed by atoms with E-state index < -0.39 is 7.14 Å². The molecule has 2 heterocycles. The summed E-state index contributed by atoms with van der Waals surface area (Å²) in [6.07, 6.45) is 0. The Morgan fingerprint density at radius 3 is 1.47 bits per heavy atom. The fraction of sp³-hybridized carbons (Fsp3) is 0.200. The molecule has 0 saturated heterocycles. The quantitative estimate of drug-likeness (QED) is 0.296. The van der Waals surface area contributed by atoms with Crippen molar-refractivity contribution >= 4 is 44.9 Å². The Hall–Kier alpha value is -3.29. The van der Waals surface area contributed by atoms with Crippen LogP contribution in [0, 0.1) is 41.5 Å². The van der Waals surface area contributed by atoms with Gasteiger partial charge in [-0.15, -0.1) is 0 Å². The summed E-state index contributed by atoms with van der Waals surface area (Å²) in [4.78, 5) is 9.88. The first-order valence-corrected chi connectivity index (χ1v) is 13.3. The summed E-state index contributed by atoms with van der Waals surface area (Å²) < 4.78 is 15.7. The Balaban J connectivity index is 1.97. The van der Waals surface area contributed by atoms with Crippen LogP contribution in [0.1, 0.15) is 33.6 Å². The smallest absolute Gasteiger partial charge is 0.175 e. The second kappa shape index (κ2) is 8.18. The Bertz CT molecular complexity index is 1540. The number of hydrogen-bond donors (Lipinski definition) is 0. The molecule has 0 bridgehead atoms. The highest BCUT2D eigenvalue weighted by Crippen LogP contribution is 2.47. The van der Waals surface area contributed by atoms with Crippen molar-refractivity contribution in [3.8, 4) is 0 Å². The predicted molar refractivity (Wildman–Crippen MR) is 145 cm³/mol. The van der Waals surface area contributed by atoms with Crippen LogP contribution in [0.2, 0.25) is 0 Å². The Labute approximate surface area is 201 Å². The van der Waals surface area contributed by atoms with Crippen molar-refractivity contribution in [2.45, 2.75) is 41.5 Å². The van der Waals surface area contributed by atoms with E-state index in [-0.39, 0.29) is 0 Å². The van der Waals surface area contributed by atoms with Gasteiger partial charge in [0.2, 0.25) is 0 Å². The second-order valence-corrected chi connectivity index (χ2v) is 12.0. The molecule has 34 heavy (non-hydrogen) atoms. The molecule has 170 valence electrons. The van der Waals surface area contributed by atoms with Gasteiger partial charge in [-0.3, -0.25) is 9.97 Å². The minimum absolute atomic E-state index is 0.809. The van der Waals surface area contributed by atoms with E-state index >= 15 is 4.57 Å². The van der Waals surface area contributed by atoms with Crippen LogP contribution in [0.3, 0.4) is 0 Å². The Kier molecular flexibility index (Phi) is 5.41. The molecule has 3 aromatic carbocycles. The van der Waals surface area contributed by atoms with E-state index in [4.69, 9.17) is 9.97 Å². The largest absolute Gasteiger partial charge is 0.308 e. The molecule has 4 heteroatoms. The van der Waals surface area contributed by atoms with Crippen molar-refractivity contribution in [3.63, 3.8) is 0 Å². The number of rotatable bonds is 3. The van der Waals surface area contributed by atoms with Crippen molar-refractivity contribution in [2.75, 3.05) is 0 Å². The predicted octanol–water partition coefficient (Wildman–Crippen LogP) is 6.27. The van der Waals surface area contributed by atoms with E-state index in [0.29, 0.717) is 0 Å². The van der Waals surface area contributed by atoms with Crippen LogP contribution < -0.4 is 15.9 Å². The molecule has 0 amide bonds. The van der Waals surface area contributed by atoms with Gasteiger partial charge in [-0.25, -0.2) is 0 Å². The third-order valence-corrected chi connectivity index (χ3v) is 10.4. The number of fused-ring (bicyclic) bond motifs is 2. The summed E-state index contributed by atoms with van der Waals surface area (Å²) in [7, 11) is -3.29. The average Bonchev–Trinajstić information content (AvgIpc) is 2.81. The molecular weight excluding hydrogens is 435 g/mol. The van der Waals surface area contributed by atoms with Crippen LogP contribution in [0.4, 0.5) is 0 Å². The van der Waals surface area contributed by atoms with Crippen molar-refractivity contribution in [3.05, 3.63) is 100 Å². The Morgan fingerprint density at radius 1 is 0.588 bits per heavy atom. The maximum absolute atomic E-state index is 15.7. The fourth-order valence-corrected chi connectivity index (χ4v) is 8.83. The summed E-state index contributed by atoms with van der Waals surface area (Å²) in [5.74, 6) is 0. The molecular formula is C30H29N2OP. The van der Waals surface area contributed by atoms with Crippen LogP contribution in [-0.2, 0) is 4.57 Å². The lowest BCUT2D eigenvalue weighted by atomic mass is 10.1. The van der Waals surface area contributed by atoms with Gasteiger partial charge in [0.25, 0.3) is 0 Å². The summed E-state index contributed by atoms with van der Waals surface area (Å²) in [5.41, 5.74) is 7.87. The van der Waals surface area contributed by atoms with Gasteiger partial charge >= 0.3 is 0 Å². The molecule has 5 aromatic rings. The van der Waals surface area contributed by atoms with Gasteiger partial charge in [-0.05, 0) is 76.9 Å². The zero-order valence-corrected chi connectivity index (χ0v) is 21.5. The van der Waals surface area contributed by atoms with Crippen molar-refractivity contribution in [1.82, 2.24) is 9.97 Å². The Morgan fingerprint density at radius 2 is 1.03 bits per heavy atom. The fourth-order valence-electron chi connectivity index (χ4n) is 5.30. The number of pyridine rings is 2. The van der Waals surface area contributed by atoms with Crippen LogP contribution in [0.25, 0.3) is 21.8 Å². The van der Waals surface area contributed by atoms with Gasteiger partial charge in [-0.1, -0.05) is 53.6 Å².